The van der Waals surface area contributed by atoms with E-state index < -0.39 is 43.4 Å². The summed E-state index contributed by atoms with van der Waals surface area (Å²) in [5.41, 5.74) is 9.78. The Balaban J connectivity index is 4.66. The number of amides is 4. The fraction of sp³-hybridized carbons (Fsp3) is 0.500. The molecule has 0 unspecified atom stereocenters. The van der Waals surface area contributed by atoms with Crippen LogP contribution >= 0.6 is 0 Å². The summed E-state index contributed by atoms with van der Waals surface area (Å²) in [5.74, 6) is -2.88. The standard InChI is InChI=1S/C8H14N4O5/c1-11(4-7(15)16)8(17)12(2-5(9)13)3-6(10)14/h2-4H2,1H3,(H2,9,13)(H2,10,14)(H,15,16). The number of carboxylic acid groups (broad SMARTS) is 1. The predicted octanol–water partition coefficient (Wildman–Crippen LogP) is -2.60. The molecule has 0 atom stereocenters. The van der Waals surface area contributed by atoms with Gasteiger partial charge in [0.25, 0.3) is 0 Å². The van der Waals surface area contributed by atoms with Gasteiger partial charge in [0.1, 0.15) is 19.6 Å². The maximum atomic E-state index is 11.6. The van der Waals surface area contributed by atoms with Crippen LogP contribution in [0.3, 0.4) is 0 Å². The second kappa shape index (κ2) is 6.30. The summed E-state index contributed by atoms with van der Waals surface area (Å²) >= 11 is 0. The van der Waals surface area contributed by atoms with Crippen LogP contribution in [0.15, 0.2) is 0 Å². The zero-order valence-corrected chi connectivity index (χ0v) is 9.25. The minimum Gasteiger partial charge on any atom is -0.480 e. The number of nitrogens with zero attached hydrogens (tertiary/aromatic N) is 2. The maximum absolute atomic E-state index is 11.6. The van der Waals surface area contributed by atoms with Gasteiger partial charge in [0.2, 0.25) is 11.8 Å². The molecule has 0 heterocycles. The smallest absolute Gasteiger partial charge is 0.323 e. The number of rotatable bonds is 6. The number of carboxylic acids is 1. The lowest BCUT2D eigenvalue weighted by molar-refractivity contribution is -0.137. The van der Waals surface area contributed by atoms with Crippen molar-refractivity contribution in [1.82, 2.24) is 9.80 Å². The quantitative estimate of drug-likeness (QED) is 0.470. The molecule has 96 valence electrons. The molecule has 0 spiro atoms. The van der Waals surface area contributed by atoms with Crippen molar-refractivity contribution in [3.8, 4) is 0 Å². The Labute approximate surface area is 96.9 Å². The van der Waals surface area contributed by atoms with E-state index in [9.17, 15) is 19.2 Å². The zero-order valence-electron chi connectivity index (χ0n) is 9.25. The van der Waals surface area contributed by atoms with Gasteiger partial charge in [-0.3, -0.25) is 14.4 Å². The Hall–Kier alpha value is -2.32. The summed E-state index contributed by atoms with van der Waals surface area (Å²) in [6, 6.07) is -0.815. The van der Waals surface area contributed by atoms with Crippen molar-refractivity contribution in [1.29, 1.82) is 0 Å². The van der Waals surface area contributed by atoms with E-state index in [0.717, 1.165) is 9.80 Å². The lowest BCUT2D eigenvalue weighted by Crippen LogP contribution is -2.49. The van der Waals surface area contributed by atoms with Crippen molar-refractivity contribution >= 4 is 23.8 Å². The number of hydrogen-bond acceptors (Lipinski definition) is 4. The summed E-state index contributed by atoms with van der Waals surface area (Å²) in [6.07, 6.45) is 0. The van der Waals surface area contributed by atoms with Crippen LogP contribution in [0.4, 0.5) is 4.79 Å². The Morgan fingerprint density at radius 1 is 1.00 bits per heavy atom. The third-order valence-corrected chi connectivity index (χ3v) is 1.66. The van der Waals surface area contributed by atoms with Crippen molar-refractivity contribution in [2.24, 2.45) is 11.5 Å². The Morgan fingerprint density at radius 2 is 1.41 bits per heavy atom. The third-order valence-electron chi connectivity index (χ3n) is 1.66. The molecular formula is C8H14N4O5. The number of aliphatic carboxylic acids is 1. The maximum Gasteiger partial charge on any atom is 0.323 e. The highest BCUT2D eigenvalue weighted by molar-refractivity contribution is 5.88. The molecule has 0 aromatic carbocycles. The molecule has 0 radical (unpaired) electrons. The molecule has 0 rings (SSSR count). The number of urea groups is 1. The van der Waals surface area contributed by atoms with Gasteiger partial charge in [0.15, 0.2) is 0 Å². The second-order valence-electron chi connectivity index (χ2n) is 3.32. The highest BCUT2D eigenvalue weighted by Gasteiger charge is 2.22. The molecule has 5 N–H and O–H groups in total. The molecule has 0 fully saturated rings. The highest BCUT2D eigenvalue weighted by atomic mass is 16.4. The van der Waals surface area contributed by atoms with Crippen LogP contribution in [-0.2, 0) is 14.4 Å². The first kappa shape index (κ1) is 14.7. The average molecular weight is 246 g/mol. The van der Waals surface area contributed by atoms with Crippen LogP contribution in [0.25, 0.3) is 0 Å². The monoisotopic (exact) mass is 246 g/mol. The topological polar surface area (TPSA) is 147 Å². The number of nitrogens with two attached hydrogens (primary N) is 2. The number of carbonyl (C=O) groups is 4. The van der Waals surface area contributed by atoms with Gasteiger partial charge in [-0.2, -0.15) is 0 Å². The van der Waals surface area contributed by atoms with Crippen LogP contribution in [0, 0.1) is 0 Å². The van der Waals surface area contributed by atoms with E-state index in [2.05, 4.69) is 0 Å². The molecule has 17 heavy (non-hydrogen) atoms. The SMILES string of the molecule is CN(CC(=O)O)C(=O)N(CC(N)=O)CC(N)=O. The van der Waals surface area contributed by atoms with Crippen molar-refractivity contribution in [2.75, 3.05) is 26.7 Å². The summed E-state index contributed by atoms with van der Waals surface area (Å²) in [5, 5.41) is 8.48. The van der Waals surface area contributed by atoms with E-state index in [1.165, 1.54) is 7.05 Å². The number of likely N-dealkylation sites (N-methyl/N-ethyl adjacent to an activating group) is 1. The Morgan fingerprint density at radius 3 is 1.71 bits per heavy atom. The van der Waals surface area contributed by atoms with E-state index in [-0.39, 0.29) is 0 Å². The van der Waals surface area contributed by atoms with Crippen LogP contribution in [0.5, 0.6) is 0 Å². The first-order valence-electron chi connectivity index (χ1n) is 4.52. The minimum absolute atomic E-state index is 0.508. The van der Waals surface area contributed by atoms with Gasteiger partial charge in [-0.05, 0) is 0 Å². The van der Waals surface area contributed by atoms with Gasteiger partial charge >= 0.3 is 12.0 Å². The third kappa shape index (κ3) is 5.97. The van der Waals surface area contributed by atoms with Crippen LogP contribution in [0.1, 0.15) is 0 Å². The highest BCUT2D eigenvalue weighted by Crippen LogP contribution is 1.96. The van der Waals surface area contributed by atoms with Crippen molar-refractivity contribution in [3.05, 3.63) is 0 Å². The lowest BCUT2D eigenvalue weighted by Gasteiger charge is -2.25. The van der Waals surface area contributed by atoms with Crippen molar-refractivity contribution < 1.29 is 24.3 Å². The van der Waals surface area contributed by atoms with E-state index >= 15 is 0 Å². The number of carbonyl (C=O) groups excluding carboxylic acids is 3. The van der Waals surface area contributed by atoms with Crippen molar-refractivity contribution in [2.45, 2.75) is 0 Å². The fourth-order valence-corrected chi connectivity index (χ4v) is 1.08. The molecule has 9 heteroatoms. The van der Waals surface area contributed by atoms with Gasteiger partial charge < -0.3 is 26.4 Å². The predicted molar refractivity (Wildman–Crippen MR) is 55.6 cm³/mol. The van der Waals surface area contributed by atoms with Gasteiger partial charge in [-0.25, -0.2) is 4.79 Å². The summed E-state index contributed by atoms with van der Waals surface area (Å²) in [7, 11) is 1.21. The van der Waals surface area contributed by atoms with Crippen LogP contribution in [-0.4, -0.2) is 65.4 Å². The van der Waals surface area contributed by atoms with Crippen LogP contribution < -0.4 is 11.5 Å². The molecule has 0 aromatic heterocycles. The largest absolute Gasteiger partial charge is 0.480 e. The first-order chi connectivity index (χ1) is 7.73. The minimum atomic E-state index is -1.22. The molecule has 0 aliphatic heterocycles. The molecule has 0 aromatic rings. The van der Waals surface area contributed by atoms with E-state index in [0.29, 0.717) is 0 Å². The molecule has 0 saturated heterocycles. The molecule has 0 bridgehead atoms. The molecular weight excluding hydrogens is 232 g/mol. The summed E-state index contributed by atoms with van der Waals surface area (Å²) < 4.78 is 0. The molecule has 0 aliphatic rings. The van der Waals surface area contributed by atoms with Crippen molar-refractivity contribution in [3.63, 3.8) is 0 Å². The van der Waals surface area contributed by atoms with Gasteiger partial charge in [0.05, 0.1) is 0 Å². The molecule has 4 amide bonds. The van der Waals surface area contributed by atoms with E-state index in [4.69, 9.17) is 16.6 Å². The summed E-state index contributed by atoms with van der Waals surface area (Å²) in [4.78, 5) is 45.0. The second-order valence-corrected chi connectivity index (χ2v) is 3.32. The summed E-state index contributed by atoms with van der Waals surface area (Å²) in [6.45, 7) is -1.58. The van der Waals surface area contributed by atoms with Gasteiger partial charge in [0, 0.05) is 7.05 Å². The Bertz CT molecular complexity index is 327. The molecule has 9 nitrogen and oxygen atoms in total. The average Bonchev–Trinajstić information content (AvgIpc) is 2.12. The van der Waals surface area contributed by atoms with Gasteiger partial charge in [-0.15, -0.1) is 0 Å². The van der Waals surface area contributed by atoms with E-state index in [1.807, 2.05) is 0 Å². The van der Waals surface area contributed by atoms with Crippen LogP contribution in [0.2, 0.25) is 0 Å². The zero-order chi connectivity index (χ0) is 13.6. The fourth-order valence-electron chi connectivity index (χ4n) is 1.08. The first-order valence-corrected chi connectivity index (χ1v) is 4.52. The lowest BCUT2D eigenvalue weighted by atomic mass is 10.4. The molecule has 0 saturated carbocycles. The molecule has 0 aliphatic carbocycles. The van der Waals surface area contributed by atoms with Gasteiger partial charge in [-0.1, -0.05) is 0 Å². The normalized spacial score (nSPS) is 9.47. The Kier molecular flexibility index (Phi) is 5.44. The number of primary amides is 2. The number of hydrogen-bond donors (Lipinski definition) is 3. The van der Waals surface area contributed by atoms with E-state index in [1.54, 1.807) is 0 Å².